The van der Waals surface area contributed by atoms with Gasteiger partial charge in [-0.25, -0.2) is 4.79 Å². The van der Waals surface area contributed by atoms with Gasteiger partial charge in [-0.2, -0.15) is 0 Å². The van der Waals surface area contributed by atoms with Gasteiger partial charge < -0.3 is 37.2 Å². The smallest absolute Gasteiger partial charge is 0.328 e. The quantitative estimate of drug-likeness (QED) is 0.164. The third kappa shape index (κ3) is 9.18. The minimum absolute atomic E-state index is 0.0396. The first kappa shape index (κ1) is 27.3. The molecule has 1 rings (SSSR count). The molecule has 1 aliphatic heterocycles. The first-order valence-electron chi connectivity index (χ1n) is 10.8. The lowest BCUT2D eigenvalue weighted by molar-refractivity contribution is -0.145. The summed E-state index contributed by atoms with van der Waals surface area (Å²) in [6.07, 6.45) is 0.0606. The van der Waals surface area contributed by atoms with Gasteiger partial charge in [-0.15, -0.1) is 0 Å². The van der Waals surface area contributed by atoms with Crippen LogP contribution in [-0.2, 0) is 24.0 Å². The first-order valence-corrected chi connectivity index (χ1v) is 10.8. The Labute approximate surface area is 187 Å². The predicted molar refractivity (Wildman–Crippen MR) is 114 cm³/mol. The van der Waals surface area contributed by atoms with Gasteiger partial charge in [0.15, 0.2) is 6.04 Å². The highest BCUT2D eigenvalue weighted by atomic mass is 16.4. The van der Waals surface area contributed by atoms with Gasteiger partial charge in [0.1, 0.15) is 12.1 Å². The molecule has 12 nitrogen and oxygen atoms in total. The molecule has 5 unspecified atom stereocenters. The van der Waals surface area contributed by atoms with Crippen LogP contribution in [0.25, 0.3) is 0 Å². The van der Waals surface area contributed by atoms with Crippen molar-refractivity contribution in [1.82, 2.24) is 21.3 Å². The number of amides is 4. The first-order chi connectivity index (χ1) is 14.9. The van der Waals surface area contributed by atoms with Crippen molar-refractivity contribution >= 4 is 29.6 Å². The minimum Gasteiger partial charge on any atom is -0.480 e. The van der Waals surface area contributed by atoms with Crippen LogP contribution in [0.4, 0.5) is 0 Å². The molecule has 1 fully saturated rings. The summed E-state index contributed by atoms with van der Waals surface area (Å²) in [6.45, 7) is 5.53. The van der Waals surface area contributed by atoms with E-state index >= 15 is 0 Å². The second kappa shape index (κ2) is 13.0. The Kier molecular flexibility index (Phi) is 11.1. The van der Waals surface area contributed by atoms with Crippen LogP contribution < -0.4 is 27.0 Å². The van der Waals surface area contributed by atoms with Crippen LogP contribution in [0.15, 0.2) is 0 Å². The van der Waals surface area contributed by atoms with Crippen molar-refractivity contribution in [2.24, 2.45) is 11.7 Å². The van der Waals surface area contributed by atoms with Crippen molar-refractivity contribution in [1.29, 1.82) is 0 Å². The van der Waals surface area contributed by atoms with E-state index in [0.29, 0.717) is 13.0 Å². The van der Waals surface area contributed by atoms with Crippen LogP contribution in [0, 0.1) is 5.92 Å². The van der Waals surface area contributed by atoms with Crippen LogP contribution in [-0.4, -0.2) is 76.6 Å². The highest BCUT2D eigenvalue weighted by Crippen LogP contribution is 2.09. The van der Waals surface area contributed by atoms with Gasteiger partial charge in [-0.3, -0.25) is 19.2 Å². The molecule has 1 heterocycles. The van der Waals surface area contributed by atoms with Crippen molar-refractivity contribution in [2.75, 3.05) is 6.54 Å². The van der Waals surface area contributed by atoms with Crippen LogP contribution in [0.5, 0.6) is 0 Å². The number of nitrogens with two attached hydrogens (primary N) is 1. The van der Waals surface area contributed by atoms with E-state index in [1.54, 1.807) is 0 Å². The zero-order valence-corrected chi connectivity index (χ0v) is 18.7. The molecule has 5 atom stereocenters. The fourth-order valence-corrected chi connectivity index (χ4v) is 3.35. The van der Waals surface area contributed by atoms with E-state index in [1.165, 1.54) is 6.92 Å². The molecule has 0 spiro atoms. The molecule has 8 N–H and O–H groups in total. The number of carboxylic acids is 1. The molecule has 0 aromatic rings. The highest BCUT2D eigenvalue weighted by molar-refractivity contribution is 5.94. The molecular weight excluding hydrogens is 422 g/mol. The Morgan fingerprint density at radius 2 is 1.66 bits per heavy atom. The number of aliphatic hydroxyl groups is 1. The fourth-order valence-electron chi connectivity index (χ4n) is 3.35. The van der Waals surface area contributed by atoms with Gasteiger partial charge in [0.25, 0.3) is 0 Å². The number of hydrogen-bond acceptors (Lipinski definition) is 7. The van der Waals surface area contributed by atoms with E-state index in [1.807, 2.05) is 13.8 Å². The number of carbonyl (C=O) groups is 5. The van der Waals surface area contributed by atoms with Gasteiger partial charge in [0.05, 0.1) is 12.1 Å². The minimum atomic E-state index is -1.55. The number of nitrogens with one attached hydrogen (secondary N) is 4. The van der Waals surface area contributed by atoms with Crippen molar-refractivity contribution in [3.8, 4) is 0 Å². The molecule has 1 aliphatic rings. The predicted octanol–water partition coefficient (Wildman–Crippen LogP) is -2.03. The van der Waals surface area contributed by atoms with E-state index in [-0.39, 0.29) is 25.2 Å². The molecule has 182 valence electrons. The Morgan fingerprint density at radius 3 is 2.12 bits per heavy atom. The van der Waals surface area contributed by atoms with E-state index in [0.717, 1.165) is 6.42 Å². The molecule has 0 saturated carbocycles. The average Bonchev–Trinajstić information content (AvgIpc) is 3.22. The molecule has 0 radical (unpaired) electrons. The Bertz CT molecular complexity index is 692. The van der Waals surface area contributed by atoms with Gasteiger partial charge in [0.2, 0.25) is 23.6 Å². The summed E-state index contributed by atoms with van der Waals surface area (Å²) in [7, 11) is 0. The molecule has 0 bridgehead atoms. The molecule has 0 aromatic carbocycles. The highest BCUT2D eigenvalue weighted by Gasteiger charge is 2.33. The number of hydrogen-bond donors (Lipinski definition) is 7. The maximum atomic E-state index is 12.9. The number of aliphatic hydroxyl groups excluding tert-OH is 1. The summed E-state index contributed by atoms with van der Waals surface area (Å²) < 4.78 is 0. The fraction of sp³-hybridized carbons (Fsp3) is 0.750. The molecule has 4 amide bonds. The zero-order chi connectivity index (χ0) is 24.4. The summed E-state index contributed by atoms with van der Waals surface area (Å²) in [4.78, 5) is 60.6. The molecule has 1 saturated heterocycles. The second-order valence-corrected chi connectivity index (χ2v) is 8.47. The largest absolute Gasteiger partial charge is 0.480 e. The van der Waals surface area contributed by atoms with E-state index < -0.39 is 59.9 Å². The molecule has 0 aromatic heterocycles. The zero-order valence-electron chi connectivity index (χ0n) is 18.7. The summed E-state index contributed by atoms with van der Waals surface area (Å²) in [5, 5.41) is 29.2. The molecule has 12 heteroatoms. The van der Waals surface area contributed by atoms with E-state index in [9.17, 15) is 34.2 Å². The van der Waals surface area contributed by atoms with Crippen molar-refractivity contribution < 1.29 is 34.2 Å². The standard InChI is InChI=1S/C20H35N5O7/c1-10(2)9-14(19(30)25-16(11(3)26)20(31)32)24-18(29)13(6-7-15(21)27)23-17(28)12-5-4-8-22-12/h10-14,16,22,26H,4-9H2,1-3H3,(H2,21,27)(H,23,28)(H,24,29)(H,25,30)(H,31,32). The summed E-state index contributed by atoms with van der Waals surface area (Å²) in [6, 6.07) is -4.21. The topological polar surface area (TPSA) is 200 Å². The summed E-state index contributed by atoms with van der Waals surface area (Å²) in [5.41, 5.74) is 5.18. The number of carbonyl (C=O) groups excluding carboxylic acids is 4. The van der Waals surface area contributed by atoms with Crippen molar-refractivity contribution in [2.45, 2.75) is 83.1 Å². The van der Waals surface area contributed by atoms with Crippen LogP contribution in [0.2, 0.25) is 0 Å². The molecule has 32 heavy (non-hydrogen) atoms. The Balaban J connectivity index is 2.94. The van der Waals surface area contributed by atoms with Crippen molar-refractivity contribution in [3.05, 3.63) is 0 Å². The van der Waals surface area contributed by atoms with Gasteiger partial charge >= 0.3 is 5.97 Å². The summed E-state index contributed by atoms with van der Waals surface area (Å²) in [5.74, 6) is -3.97. The average molecular weight is 458 g/mol. The van der Waals surface area contributed by atoms with Crippen LogP contribution >= 0.6 is 0 Å². The Hall–Kier alpha value is -2.73. The normalized spacial score (nSPS) is 19.5. The third-order valence-corrected chi connectivity index (χ3v) is 5.08. The SMILES string of the molecule is CC(C)CC(NC(=O)C(CCC(N)=O)NC(=O)C1CCCN1)C(=O)NC(C(=O)O)C(C)O. The lowest BCUT2D eigenvalue weighted by Gasteiger charge is -2.26. The second-order valence-electron chi connectivity index (χ2n) is 8.47. The lowest BCUT2D eigenvalue weighted by Crippen LogP contribution is -2.58. The van der Waals surface area contributed by atoms with Crippen LogP contribution in [0.3, 0.4) is 0 Å². The monoisotopic (exact) mass is 457 g/mol. The maximum Gasteiger partial charge on any atom is 0.328 e. The molecule has 0 aliphatic carbocycles. The van der Waals surface area contributed by atoms with Crippen LogP contribution in [0.1, 0.15) is 52.9 Å². The molecular formula is C20H35N5O7. The third-order valence-electron chi connectivity index (χ3n) is 5.08. The number of carboxylic acid groups (broad SMARTS) is 1. The van der Waals surface area contributed by atoms with E-state index in [4.69, 9.17) is 5.73 Å². The number of primary amides is 1. The number of rotatable bonds is 13. The lowest BCUT2D eigenvalue weighted by atomic mass is 10.0. The van der Waals surface area contributed by atoms with E-state index in [2.05, 4.69) is 21.3 Å². The maximum absolute atomic E-state index is 12.9. The van der Waals surface area contributed by atoms with Gasteiger partial charge in [0, 0.05) is 6.42 Å². The summed E-state index contributed by atoms with van der Waals surface area (Å²) >= 11 is 0. The van der Waals surface area contributed by atoms with Gasteiger partial charge in [-0.05, 0) is 45.1 Å². The number of aliphatic carboxylic acids is 1. The van der Waals surface area contributed by atoms with Crippen molar-refractivity contribution in [3.63, 3.8) is 0 Å². The Morgan fingerprint density at radius 1 is 1.03 bits per heavy atom. The van der Waals surface area contributed by atoms with Gasteiger partial charge in [-0.1, -0.05) is 13.8 Å².